The smallest absolute Gasteiger partial charge is 0.308 e. The average Bonchev–Trinajstić information content (AvgIpc) is 2.00. The molecule has 4 heteroatoms. The first-order valence-electron chi connectivity index (χ1n) is 4.64. The van der Waals surface area contributed by atoms with Crippen LogP contribution in [0.3, 0.4) is 0 Å². The monoisotopic (exact) mass is 197 g/mol. The molecule has 0 spiro atoms. The zero-order valence-corrected chi connectivity index (χ0v) is 8.41. The van der Waals surface area contributed by atoms with Gasteiger partial charge in [0.25, 0.3) is 0 Å². The minimum Gasteiger partial charge on any atom is -0.308 e. The van der Waals surface area contributed by atoms with Gasteiger partial charge in [0.15, 0.2) is 0 Å². The fourth-order valence-electron chi connectivity index (χ4n) is 1.05. The fourth-order valence-corrected chi connectivity index (χ4v) is 1.05. The van der Waals surface area contributed by atoms with Gasteiger partial charge in [-0.1, -0.05) is 27.2 Å². The minimum absolute atomic E-state index is 0.298. The van der Waals surface area contributed by atoms with Gasteiger partial charge in [-0.15, -0.1) is 0 Å². The highest BCUT2D eigenvalue weighted by Crippen LogP contribution is 2.15. The second kappa shape index (κ2) is 5.47. The SMILES string of the molecule is CCC(C)C(C)CNCC(F)(F)F. The predicted molar refractivity (Wildman–Crippen MR) is 47.5 cm³/mol. The Bertz CT molecular complexity index is 133. The van der Waals surface area contributed by atoms with E-state index < -0.39 is 12.7 Å². The van der Waals surface area contributed by atoms with Crippen molar-refractivity contribution in [3.05, 3.63) is 0 Å². The number of hydrogen-bond acceptors (Lipinski definition) is 1. The maximum atomic E-state index is 11.7. The molecule has 0 aromatic rings. The van der Waals surface area contributed by atoms with Crippen LogP contribution in [0.15, 0.2) is 0 Å². The lowest BCUT2D eigenvalue weighted by Crippen LogP contribution is -2.33. The van der Waals surface area contributed by atoms with Gasteiger partial charge in [-0.25, -0.2) is 0 Å². The van der Waals surface area contributed by atoms with Crippen molar-refractivity contribution in [1.29, 1.82) is 0 Å². The summed E-state index contributed by atoms with van der Waals surface area (Å²) in [6.07, 6.45) is -3.08. The Morgan fingerprint density at radius 2 is 1.69 bits per heavy atom. The third kappa shape index (κ3) is 6.87. The summed E-state index contributed by atoms with van der Waals surface area (Å²) in [6, 6.07) is 0. The maximum absolute atomic E-state index is 11.7. The summed E-state index contributed by atoms with van der Waals surface area (Å²) in [5, 5.41) is 2.42. The summed E-state index contributed by atoms with van der Waals surface area (Å²) in [5.41, 5.74) is 0. The molecule has 0 aliphatic rings. The van der Waals surface area contributed by atoms with E-state index in [1.165, 1.54) is 0 Å². The molecule has 13 heavy (non-hydrogen) atoms. The van der Waals surface area contributed by atoms with Gasteiger partial charge in [0, 0.05) is 0 Å². The topological polar surface area (TPSA) is 12.0 Å². The summed E-state index contributed by atoms with van der Waals surface area (Å²) in [7, 11) is 0. The van der Waals surface area contributed by atoms with E-state index in [-0.39, 0.29) is 0 Å². The zero-order chi connectivity index (χ0) is 10.5. The van der Waals surface area contributed by atoms with E-state index in [2.05, 4.69) is 12.2 Å². The van der Waals surface area contributed by atoms with Crippen molar-refractivity contribution in [2.75, 3.05) is 13.1 Å². The highest BCUT2D eigenvalue weighted by Gasteiger charge is 2.26. The Kier molecular flexibility index (Phi) is 5.37. The van der Waals surface area contributed by atoms with E-state index >= 15 is 0 Å². The Hall–Kier alpha value is -0.250. The lowest BCUT2D eigenvalue weighted by Gasteiger charge is -2.19. The largest absolute Gasteiger partial charge is 0.401 e. The standard InChI is InChI=1S/C9H18F3N/c1-4-7(2)8(3)5-13-6-9(10,11)12/h7-8,13H,4-6H2,1-3H3. The molecule has 2 unspecified atom stereocenters. The van der Waals surface area contributed by atoms with E-state index in [4.69, 9.17) is 0 Å². The quantitative estimate of drug-likeness (QED) is 0.714. The van der Waals surface area contributed by atoms with Gasteiger partial charge in [-0.2, -0.15) is 13.2 Å². The van der Waals surface area contributed by atoms with Crippen LogP contribution in [0.5, 0.6) is 0 Å². The molecule has 0 heterocycles. The average molecular weight is 197 g/mol. The number of alkyl halides is 3. The normalized spacial score (nSPS) is 17.1. The first-order chi connectivity index (χ1) is 5.87. The number of nitrogens with one attached hydrogen (secondary N) is 1. The summed E-state index contributed by atoms with van der Waals surface area (Å²) in [6.45, 7) is 5.63. The molecule has 1 nitrogen and oxygen atoms in total. The molecule has 0 fully saturated rings. The van der Waals surface area contributed by atoms with Crippen molar-refractivity contribution in [1.82, 2.24) is 5.32 Å². The van der Waals surface area contributed by atoms with Crippen molar-refractivity contribution < 1.29 is 13.2 Å². The van der Waals surface area contributed by atoms with Crippen LogP contribution >= 0.6 is 0 Å². The van der Waals surface area contributed by atoms with Gasteiger partial charge in [0.2, 0.25) is 0 Å². The van der Waals surface area contributed by atoms with Gasteiger partial charge in [-0.05, 0) is 18.4 Å². The van der Waals surface area contributed by atoms with Gasteiger partial charge >= 0.3 is 6.18 Å². The molecule has 0 saturated heterocycles. The third-order valence-electron chi connectivity index (χ3n) is 2.41. The summed E-state index contributed by atoms with van der Waals surface area (Å²) in [5.74, 6) is 0.771. The van der Waals surface area contributed by atoms with Crippen molar-refractivity contribution in [2.45, 2.75) is 33.4 Å². The number of rotatable bonds is 5. The molecule has 80 valence electrons. The lowest BCUT2D eigenvalue weighted by molar-refractivity contribution is -0.125. The fraction of sp³-hybridized carbons (Fsp3) is 1.00. The summed E-state index contributed by atoms with van der Waals surface area (Å²) < 4.78 is 35.2. The van der Waals surface area contributed by atoms with Crippen molar-refractivity contribution >= 4 is 0 Å². The Morgan fingerprint density at radius 1 is 1.15 bits per heavy atom. The molecule has 2 atom stereocenters. The molecule has 0 aromatic heterocycles. The predicted octanol–water partition coefficient (Wildman–Crippen LogP) is 2.82. The molecule has 0 saturated carbocycles. The summed E-state index contributed by atoms with van der Waals surface area (Å²) >= 11 is 0. The first-order valence-corrected chi connectivity index (χ1v) is 4.64. The van der Waals surface area contributed by atoms with E-state index in [1.807, 2.05) is 13.8 Å². The summed E-state index contributed by atoms with van der Waals surface area (Å²) in [4.78, 5) is 0. The van der Waals surface area contributed by atoms with Gasteiger partial charge in [0.05, 0.1) is 6.54 Å². The highest BCUT2D eigenvalue weighted by atomic mass is 19.4. The van der Waals surface area contributed by atoms with E-state index in [0.29, 0.717) is 18.4 Å². The highest BCUT2D eigenvalue weighted by molar-refractivity contribution is 4.64. The van der Waals surface area contributed by atoms with Crippen LogP contribution in [0, 0.1) is 11.8 Å². The molecule has 0 bridgehead atoms. The van der Waals surface area contributed by atoms with Gasteiger partial charge in [0.1, 0.15) is 0 Å². The Balaban J connectivity index is 3.53. The van der Waals surface area contributed by atoms with Gasteiger partial charge < -0.3 is 5.32 Å². The minimum atomic E-state index is -4.09. The number of hydrogen-bond donors (Lipinski definition) is 1. The molecule has 1 N–H and O–H groups in total. The van der Waals surface area contributed by atoms with Crippen LogP contribution in [0.1, 0.15) is 27.2 Å². The van der Waals surface area contributed by atoms with Crippen molar-refractivity contribution in [3.63, 3.8) is 0 Å². The molecule has 0 aliphatic carbocycles. The molecule has 0 radical (unpaired) electrons. The number of halogens is 3. The van der Waals surface area contributed by atoms with Gasteiger partial charge in [-0.3, -0.25) is 0 Å². The molecule has 0 amide bonds. The maximum Gasteiger partial charge on any atom is 0.401 e. The van der Waals surface area contributed by atoms with Crippen LogP contribution in [0.25, 0.3) is 0 Å². The van der Waals surface area contributed by atoms with Crippen LogP contribution in [-0.2, 0) is 0 Å². The van der Waals surface area contributed by atoms with E-state index in [0.717, 1.165) is 6.42 Å². The molecular weight excluding hydrogens is 179 g/mol. The molecule has 0 aromatic carbocycles. The van der Waals surface area contributed by atoms with Crippen LogP contribution in [-0.4, -0.2) is 19.3 Å². The second-order valence-corrected chi connectivity index (χ2v) is 3.61. The zero-order valence-electron chi connectivity index (χ0n) is 8.41. The van der Waals surface area contributed by atoms with Crippen molar-refractivity contribution in [3.8, 4) is 0 Å². The Morgan fingerprint density at radius 3 is 2.08 bits per heavy atom. The first kappa shape index (κ1) is 12.8. The van der Waals surface area contributed by atoms with E-state index in [1.54, 1.807) is 0 Å². The van der Waals surface area contributed by atoms with Crippen LogP contribution in [0.4, 0.5) is 13.2 Å². The molecular formula is C9H18F3N. The van der Waals surface area contributed by atoms with E-state index in [9.17, 15) is 13.2 Å². The Labute approximate surface area is 77.7 Å². The molecule has 0 aliphatic heterocycles. The third-order valence-corrected chi connectivity index (χ3v) is 2.41. The van der Waals surface area contributed by atoms with Crippen LogP contribution < -0.4 is 5.32 Å². The van der Waals surface area contributed by atoms with Crippen molar-refractivity contribution in [2.24, 2.45) is 11.8 Å². The molecule has 0 rings (SSSR count). The lowest BCUT2D eigenvalue weighted by atomic mass is 9.94. The second-order valence-electron chi connectivity index (χ2n) is 3.61. The van der Waals surface area contributed by atoms with Crippen LogP contribution in [0.2, 0.25) is 0 Å².